The van der Waals surface area contributed by atoms with Gasteiger partial charge in [0.05, 0.1) is 0 Å². The third kappa shape index (κ3) is 59.9. The van der Waals surface area contributed by atoms with Crippen LogP contribution in [0.3, 0.4) is 0 Å². The first-order valence-electron chi connectivity index (χ1n) is 31.8. The predicted molar refractivity (Wildman–Crippen MR) is 316 cm³/mol. The molecule has 0 saturated heterocycles. The van der Waals surface area contributed by atoms with Crippen molar-refractivity contribution in [3.63, 3.8) is 0 Å². The number of carbonyl (C=O) groups excluding carboxylic acids is 3. The lowest BCUT2D eigenvalue weighted by atomic mass is 10.0. The van der Waals surface area contributed by atoms with Crippen LogP contribution in [0.15, 0.2) is 60.8 Å². The van der Waals surface area contributed by atoms with Gasteiger partial charge < -0.3 is 14.2 Å². The molecule has 6 nitrogen and oxygen atoms in total. The molecule has 0 aliphatic heterocycles. The molecule has 0 radical (unpaired) electrons. The molecule has 0 aromatic heterocycles. The fraction of sp³-hybridized carbons (Fsp3) is 0.806. The molecule has 6 heteroatoms. The van der Waals surface area contributed by atoms with Gasteiger partial charge in [-0.2, -0.15) is 0 Å². The second-order valence-corrected chi connectivity index (χ2v) is 21.3. The van der Waals surface area contributed by atoms with E-state index in [0.717, 1.165) is 89.9 Å². The Kier molecular flexibility index (Phi) is 59.2. The summed E-state index contributed by atoms with van der Waals surface area (Å²) in [4.78, 5) is 38.3. The van der Waals surface area contributed by atoms with Crippen molar-refractivity contribution in [1.82, 2.24) is 0 Å². The molecule has 0 aliphatic carbocycles. The van der Waals surface area contributed by atoms with E-state index in [9.17, 15) is 14.4 Å². The molecule has 0 rings (SSSR count). The monoisotopic (exact) mass is 1020 g/mol. The molecular weight excluding hydrogens is 901 g/mol. The smallest absolute Gasteiger partial charge is 0.306 e. The molecule has 1 unspecified atom stereocenters. The maximum absolute atomic E-state index is 12.9. The minimum absolute atomic E-state index is 0.0756. The van der Waals surface area contributed by atoms with E-state index in [-0.39, 0.29) is 31.1 Å². The fourth-order valence-electron chi connectivity index (χ4n) is 9.25. The highest BCUT2D eigenvalue weighted by Crippen LogP contribution is 2.17. The second-order valence-electron chi connectivity index (χ2n) is 21.3. The lowest BCUT2D eigenvalue weighted by Gasteiger charge is -2.18. The average molecular weight is 1020 g/mol. The van der Waals surface area contributed by atoms with Crippen molar-refractivity contribution in [3.05, 3.63) is 60.8 Å². The Morgan fingerprint density at radius 1 is 0.288 bits per heavy atom. The van der Waals surface area contributed by atoms with Crippen LogP contribution in [0.1, 0.15) is 329 Å². The summed E-state index contributed by atoms with van der Waals surface area (Å²) >= 11 is 0. The third-order valence-corrected chi connectivity index (χ3v) is 14.0. The quantitative estimate of drug-likeness (QED) is 0.0261. The standard InChI is InChI=1S/C67H120O6/c1-4-7-10-13-16-19-22-25-28-30-31-32-33-34-35-37-39-42-45-48-51-54-57-60-66(69)72-63-64(62-71-65(68)59-56-53-50-47-44-41-38-27-24-21-18-15-12-9-6-3)73-67(70)61-58-55-52-49-46-43-40-36-29-26-23-20-17-14-11-8-5-2/h7,10,16,19,25,27-28,31-32,38,64H,4-6,8-9,11-15,17-18,20-24,26,29-30,33-37,39-63H2,1-3H3/b10-7-,19-16-,28-25-,32-31-,38-27-. The summed E-state index contributed by atoms with van der Waals surface area (Å²) in [7, 11) is 0. The van der Waals surface area contributed by atoms with Crippen molar-refractivity contribution in [2.75, 3.05) is 13.2 Å². The number of carbonyl (C=O) groups is 3. The molecule has 0 amide bonds. The highest BCUT2D eigenvalue weighted by molar-refractivity contribution is 5.71. The first-order chi connectivity index (χ1) is 36.0. The lowest BCUT2D eigenvalue weighted by Crippen LogP contribution is -2.30. The summed E-state index contributed by atoms with van der Waals surface area (Å²) in [5.41, 5.74) is 0. The van der Waals surface area contributed by atoms with Crippen molar-refractivity contribution >= 4 is 17.9 Å². The number of ether oxygens (including phenoxy) is 3. The van der Waals surface area contributed by atoms with Crippen LogP contribution in [0.5, 0.6) is 0 Å². The van der Waals surface area contributed by atoms with Crippen molar-refractivity contribution in [2.24, 2.45) is 0 Å². The third-order valence-electron chi connectivity index (χ3n) is 14.0. The Bertz CT molecular complexity index is 1310. The molecule has 0 heterocycles. The molecule has 424 valence electrons. The number of allylic oxidation sites excluding steroid dienone is 10. The Balaban J connectivity index is 4.33. The predicted octanol–water partition coefficient (Wildman–Crippen LogP) is 21.6. The van der Waals surface area contributed by atoms with E-state index in [4.69, 9.17) is 14.2 Å². The van der Waals surface area contributed by atoms with Crippen molar-refractivity contribution < 1.29 is 28.6 Å². The maximum Gasteiger partial charge on any atom is 0.306 e. The first kappa shape index (κ1) is 70.1. The van der Waals surface area contributed by atoms with Crippen molar-refractivity contribution in [3.8, 4) is 0 Å². The number of rotatable bonds is 58. The van der Waals surface area contributed by atoms with Crippen LogP contribution in [0.4, 0.5) is 0 Å². The number of hydrogen-bond acceptors (Lipinski definition) is 6. The second kappa shape index (κ2) is 61.7. The average Bonchev–Trinajstić information content (AvgIpc) is 3.39. The van der Waals surface area contributed by atoms with Crippen molar-refractivity contribution in [2.45, 2.75) is 335 Å². The lowest BCUT2D eigenvalue weighted by molar-refractivity contribution is -0.167. The summed E-state index contributed by atoms with van der Waals surface area (Å²) in [6.07, 6.45) is 77.9. The summed E-state index contributed by atoms with van der Waals surface area (Å²) in [6, 6.07) is 0. The van der Waals surface area contributed by atoms with Crippen LogP contribution in [-0.2, 0) is 28.6 Å². The Morgan fingerprint density at radius 2 is 0.534 bits per heavy atom. The topological polar surface area (TPSA) is 78.9 Å². The SMILES string of the molecule is CC/C=C\C/C=C\C/C=C\C/C=C\CCCCCCCCCCCCC(=O)OCC(COC(=O)CCCCCCC/C=C\CCCCCCCC)OC(=O)CCCCCCCCCCCCCCCCCCC. The Labute approximate surface area is 453 Å². The van der Waals surface area contributed by atoms with Gasteiger partial charge in [-0.1, -0.05) is 287 Å². The van der Waals surface area contributed by atoms with Crippen LogP contribution >= 0.6 is 0 Å². The number of unbranched alkanes of at least 4 members (excludes halogenated alkanes) is 37. The van der Waals surface area contributed by atoms with E-state index in [1.807, 2.05) is 0 Å². The summed E-state index contributed by atoms with van der Waals surface area (Å²) in [5.74, 6) is -0.868. The molecule has 0 N–H and O–H groups in total. The Morgan fingerprint density at radius 3 is 0.849 bits per heavy atom. The zero-order chi connectivity index (χ0) is 52.9. The van der Waals surface area contributed by atoms with E-state index in [0.29, 0.717) is 19.3 Å². The molecule has 0 fully saturated rings. The summed E-state index contributed by atoms with van der Waals surface area (Å²) in [5, 5.41) is 0. The highest BCUT2D eigenvalue weighted by Gasteiger charge is 2.19. The molecule has 0 aliphatic rings. The van der Waals surface area contributed by atoms with Gasteiger partial charge in [0, 0.05) is 19.3 Å². The van der Waals surface area contributed by atoms with Crippen LogP contribution < -0.4 is 0 Å². The number of esters is 3. The van der Waals surface area contributed by atoms with E-state index in [1.165, 1.54) is 199 Å². The van der Waals surface area contributed by atoms with E-state index >= 15 is 0 Å². The molecule has 73 heavy (non-hydrogen) atoms. The van der Waals surface area contributed by atoms with Gasteiger partial charge >= 0.3 is 17.9 Å². The molecule has 0 bridgehead atoms. The fourth-order valence-corrected chi connectivity index (χ4v) is 9.25. The zero-order valence-corrected chi connectivity index (χ0v) is 48.7. The normalized spacial score (nSPS) is 12.4. The summed E-state index contributed by atoms with van der Waals surface area (Å²) < 4.78 is 16.9. The van der Waals surface area contributed by atoms with E-state index in [1.54, 1.807) is 0 Å². The van der Waals surface area contributed by atoms with E-state index < -0.39 is 6.10 Å². The minimum Gasteiger partial charge on any atom is -0.462 e. The van der Waals surface area contributed by atoms with Gasteiger partial charge in [0.2, 0.25) is 0 Å². The van der Waals surface area contributed by atoms with Gasteiger partial charge in [-0.25, -0.2) is 0 Å². The minimum atomic E-state index is -0.778. The maximum atomic E-state index is 12.9. The van der Waals surface area contributed by atoms with Gasteiger partial charge in [0.1, 0.15) is 13.2 Å². The molecule has 0 aromatic carbocycles. The Hall–Kier alpha value is -2.89. The largest absolute Gasteiger partial charge is 0.462 e. The molecule has 1 atom stereocenters. The number of hydrogen-bond donors (Lipinski definition) is 0. The van der Waals surface area contributed by atoms with Crippen LogP contribution in [0.25, 0.3) is 0 Å². The van der Waals surface area contributed by atoms with E-state index in [2.05, 4.69) is 81.5 Å². The molecule has 0 aromatic rings. The van der Waals surface area contributed by atoms with Gasteiger partial charge in [0.15, 0.2) is 6.10 Å². The van der Waals surface area contributed by atoms with Crippen LogP contribution in [0, 0.1) is 0 Å². The first-order valence-corrected chi connectivity index (χ1v) is 31.8. The van der Waals surface area contributed by atoms with Crippen molar-refractivity contribution in [1.29, 1.82) is 0 Å². The molecular formula is C67H120O6. The highest BCUT2D eigenvalue weighted by atomic mass is 16.6. The molecule has 0 spiro atoms. The zero-order valence-electron chi connectivity index (χ0n) is 48.7. The van der Waals surface area contributed by atoms with Gasteiger partial charge in [0.25, 0.3) is 0 Å². The van der Waals surface area contributed by atoms with Gasteiger partial charge in [-0.15, -0.1) is 0 Å². The molecule has 0 saturated carbocycles. The van der Waals surface area contributed by atoms with Crippen LogP contribution in [-0.4, -0.2) is 37.2 Å². The van der Waals surface area contributed by atoms with Crippen LogP contribution in [0.2, 0.25) is 0 Å². The summed E-state index contributed by atoms with van der Waals surface area (Å²) in [6.45, 7) is 6.56. The van der Waals surface area contributed by atoms with Gasteiger partial charge in [-0.05, 0) is 83.5 Å². The van der Waals surface area contributed by atoms with Gasteiger partial charge in [-0.3, -0.25) is 14.4 Å².